The maximum Gasteiger partial charge on any atom is 0.262 e. The fraction of sp³-hybridized carbons (Fsp3) is 0.429. The van der Waals surface area contributed by atoms with Gasteiger partial charge in [0.25, 0.3) is 5.56 Å². The molecule has 154 valence electrons. The quantitative estimate of drug-likeness (QED) is 0.704. The average Bonchev–Trinajstić information content (AvgIpc) is 2.97. The summed E-state index contributed by atoms with van der Waals surface area (Å²) in [4.78, 5) is 21.1. The Morgan fingerprint density at radius 1 is 1.24 bits per heavy atom. The molecule has 0 amide bonds. The van der Waals surface area contributed by atoms with Crippen LogP contribution in [0.5, 0.6) is 0 Å². The Kier molecular flexibility index (Phi) is 5.27. The summed E-state index contributed by atoms with van der Waals surface area (Å²) in [6.07, 6.45) is 2.39. The molecule has 5 nitrogen and oxygen atoms in total. The third-order valence-corrected chi connectivity index (χ3v) is 6.92. The molecule has 3 aromatic rings. The summed E-state index contributed by atoms with van der Waals surface area (Å²) >= 11 is 1.50. The van der Waals surface area contributed by atoms with Crippen molar-refractivity contribution in [2.75, 3.05) is 13.1 Å². The molecule has 0 aliphatic carbocycles. The number of aromatic nitrogens is 2. The van der Waals surface area contributed by atoms with Crippen LogP contribution in [0.15, 0.2) is 29.3 Å². The molecule has 1 fully saturated rings. The molecule has 8 heteroatoms. The Morgan fingerprint density at radius 3 is 2.69 bits per heavy atom. The Morgan fingerprint density at radius 2 is 1.97 bits per heavy atom. The van der Waals surface area contributed by atoms with Gasteiger partial charge in [0.15, 0.2) is 0 Å². The zero-order chi connectivity index (χ0) is 20.8. The molecule has 1 aliphatic heterocycles. The van der Waals surface area contributed by atoms with Crippen molar-refractivity contribution in [2.45, 2.75) is 45.4 Å². The zero-order valence-electron chi connectivity index (χ0n) is 16.4. The van der Waals surface area contributed by atoms with Crippen molar-refractivity contribution in [1.82, 2.24) is 14.5 Å². The first-order valence-corrected chi connectivity index (χ1v) is 10.4. The Bertz CT molecular complexity index is 1120. The molecule has 1 N–H and O–H groups in total. The van der Waals surface area contributed by atoms with Crippen molar-refractivity contribution in [3.63, 3.8) is 0 Å². The fourth-order valence-corrected chi connectivity index (χ4v) is 4.88. The van der Waals surface area contributed by atoms with E-state index in [1.165, 1.54) is 28.3 Å². The normalized spacial score (nSPS) is 17.1. The third-order valence-electron chi connectivity index (χ3n) is 5.81. The predicted octanol–water partition coefficient (Wildman–Crippen LogP) is 3.38. The van der Waals surface area contributed by atoms with Gasteiger partial charge in [-0.25, -0.2) is 13.8 Å². The van der Waals surface area contributed by atoms with Crippen molar-refractivity contribution in [3.05, 3.63) is 62.5 Å². The topological polar surface area (TPSA) is 58.4 Å². The fourth-order valence-electron chi connectivity index (χ4n) is 3.89. The van der Waals surface area contributed by atoms with Crippen LogP contribution in [-0.4, -0.2) is 38.2 Å². The minimum atomic E-state index is -1.03. The molecular formula is C21H23F2N3O2S. The van der Waals surface area contributed by atoms with Crippen LogP contribution < -0.4 is 5.56 Å². The van der Waals surface area contributed by atoms with E-state index >= 15 is 0 Å². The minimum absolute atomic E-state index is 0.130. The molecule has 1 aromatic carbocycles. The highest BCUT2D eigenvalue weighted by Gasteiger charge is 2.33. The molecule has 0 unspecified atom stereocenters. The highest BCUT2D eigenvalue weighted by atomic mass is 32.1. The van der Waals surface area contributed by atoms with E-state index < -0.39 is 17.2 Å². The molecule has 1 saturated heterocycles. The summed E-state index contributed by atoms with van der Waals surface area (Å²) in [5, 5.41) is 11.7. The maximum absolute atomic E-state index is 13.9. The first-order chi connectivity index (χ1) is 13.8. The van der Waals surface area contributed by atoms with E-state index in [0.29, 0.717) is 43.4 Å². The first kappa shape index (κ1) is 20.1. The van der Waals surface area contributed by atoms with E-state index in [1.54, 1.807) is 0 Å². The molecule has 29 heavy (non-hydrogen) atoms. The van der Waals surface area contributed by atoms with E-state index in [0.717, 1.165) is 27.4 Å². The number of benzene rings is 1. The number of likely N-dealkylation sites (tertiary alicyclic amines) is 1. The van der Waals surface area contributed by atoms with Gasteiger partial charge in [0, 0.05) is 30.1 Å². The number of aliphatic hydroxyl groups is 1. The van der Waals surface area contributed by atoms with Gasteiger partial charge in [-0.05, 0) is 50.5 Å². The summed E-state index contributed by atoms with van der Waals surface area (Å²) in [7, 11) is 0. The number of halogens is 2. The van der Waals surface area contributed by atoms with Gasteiger partial charge in [0.05, 0.1) is 23.9 Å². The lowest BCUT2D eigenvalue weighted by molar-refractivity contribution is -0.0366. The van der Waals surface area contributed by atoms with E-state index in [4.69, 9.17) is 0 Å². The molecule has 0 atom stereocenters. The van der Waals surface area contributed by atoms with Crippen LogP contribution in [0.4, 0.5) is 8.78 Å². The van der Waals surface area contributed by atoms with Crippen LogP contribution >= 0.6 is 11.3 Å². The second-order valence-electron chi connectivity index (χ2n) is 7.88. The number of hydrogen-bond acceptors (Lipinski definition) is 5. The number of fused-ring (bicyclic) bond motifs is 1. The van der Waals surface area contributed by atoms with E-state index in [9.17, 15) is 18.7 Å². The van der Waals surface area contributed by atoms with E-state index in [-0.39, 0.29) is 12.1 Å². The van der Waals surface area contributed by atoms with Gasteiger partial charge in [0.1, 0.15) is 16.5 Å². The number of hydrogen-bond donors (Lipinski definition) is 1. The molecule has 0 radical (unpaired) electrons. The number of aryl methyl sites for hydroxylation is 2. The molecule has 3 heterocycles. The predicted molar refractivity (Wildman–Crippen MR) is 109 cm³/mol. The smallest absolute Gasteiger partial charge is 0.262 e. The van der Waals surface area contributed by atoms with Crippen molar-refractivity contribution >= 4 is 21.6 Å². The first-order valence-electron chi connectivity index (χ1n) is 9.59. The summed E-state index contributed by atoms with van der Waals surface area (Å²) in [5.41, 5.74) is 0.0877. The van der Waals surface area contributed by atoms with E-state index in [2.05, 4.69) is 4.98 Å². The highest BCUT2D eigenvalue weighted by molar-refractivity contribution is 7.18. The molecule has 2 aromatic heterocycles. The molecule has 0 spiro atoms. The van der Waals surface area contributed by atoms with Gasteiger partial charge in [-0.1, -0.05) is 0 Å². The van der Waals surface area contributed by atoms with Crippen LogP contribution in [0.1, 0.15) is 28.8 Å². The standard InChI is InChI=1S/C21H23F2N3O2S/c1-13-14(2)29-19-18(13)20(27)26(12-24-19)11-21(28)5-7-25(8-6-21)10-15-9-16(22)3-4-17(15)23/h3-4,9,12,28H,5-8,10-11H2,1-2H3. The van der Waals surface area contributed by atoms with Crippen molar-refractivity contribution in [1.29, 1.82) is 0 Å². The molecule has 0 saturated carbocycles. The van der Waals surface area contributed by atoms with Crippen molar-refractivity contribution < 1.29 is 13.9 Å². The van der Waals surface area contributed by atoms with Gasteiger partial charge in [-0.3, -0.25) is 14.3 Å². The van der Waals surface area contributed by atoms with Gasteiger partial charge in [0.2, 0.25) is 0 Å². The molecule has 0 bridgehead atoms. The lowest BCUT2D eigenvalue weighted by Gasteiger charge is -2.38. The maximum atomic E-state index is 13.9. The zero-order valence-corrected chi connectivity index (χ0v) is 17.2. The van der Waals surface area contributed by atoms with Gasteiger partial charge in [-0.15, -0.1) is 11.3 Å². The molecule has 1 aliphatic rings. The van der Waals surface area contributed by atoms with Gasteiger partial charge in [-0.2, -0.15) is 0 Å². The highest BCUT2D eigenvalue weighted by Crippen LogP contribution is 2.28. The lowest BCUT2D eigenvalue weighted by atomic mass is 9.91. The molecule has 4 rings (SSSR count). The number of thiophene rings is 1. The van der Waals surface area contributed by atoms with Crippen molar-refractivity contribution in [3.8, 4) is 0 Å². The Balaban J connectivity index is 1.47. The van der Waals surface area contributed by atoms with Crippen LogP contribution in [0.2, 0.25) is 0 Å². The van der Waals surface area contributed by atoms with Crippen LogP contribution in [0, 0.1) is 25.5 Å². The number of piperidine rings is 1. The van der Waals surface area contributed by atoms with Gasteiger partial charge >= 0.3 is 0 Å². The second kappa shape index (κ2) is 7.59. The van der Waals surface area contributed by atoms with Gasteiger partial charge < -0.3 is 5.11 Å². The third kappa shape index (κ3) is 3.97. The monoisotopic (exact) mass is 419 g/mol. The van der Waals surface area contributed by atoms with Crippen LogP contribution in [0.25, 0.3) is 10.2 Å². The minimum Gasteiger partial charge on any atom is -0.388 e. The number of nitrogens with zero attached hydrogens (tertiary/aromatic N) is 3. The summed E-state index contributed by atoms with van der Waals surface area (Å²) < 4.78 is 28.8. The average molecular weight is 419 g/mol. The summed E-state index contributed by atoms with van der Waals surface area (Å²) in [6.45, 7) is 5.42. The Hall–Kier alpha value is -2.16. The molecular weight excluding hydrogens is 396 g/mol. The van der Waals surface area contributed by atoms with Crippen molar-refractivity contribution in [2.24, 2.45) is 0 Å². The summed E-state index contributed by atoms with van der Waals surface area (Å²) in [5.74, 6) is -0.893. The summed E-state index contributed by atoms with van der Waals surface area (Å²) in [6, 6.07) is 3.45. The SMILES string of the molecule is Cc1sc2ncn(CC3(O)CCN(Cc4cc(F)ccc4F)CC3)c(=O)c2c1C. The van der Waals surface area contributed by atoms with Crippen LogP contribution in [-0.2, 0) is 13.1 Å². The number of rotatable bonds is 4. The largest absolute Gasteiger partial charge is 0.388 e. The van der Waals surface area contributed by atoms with E-state index in [1.807, 2.05) is 18.7 Å². The second-order valence-corrected chi connectivity index (χ2v) is 9.08. The lowest BCUT2D eigenvalue weighted by Crippen LogP contribution is -2.47. The Labute approximate surface area is 171 Å². The van der Waals surface area contributed by atoms with Crippen LogP contribution in [0.3, 0.4) is 0 Å².